The van der Waals surface area contributed by atoms with Crippen LogP contribution in [0.2, 0.25) is 0 Å². The van der Waals surface area contributed by atoms with Gasteiger partial charge in [0, 0.05) is 23.0 Å². The lowest BCUT2D eigenvalue weighted by Crippen LogP contribution is -2.32. The third kappa shape index (κ3) is 8.34. The van der Waals surface area contributed by atoms with E-state index in [2.05, 4.69) is 273 Å². The average Bonchev–Trinajstić information content (AvgIpc) is 3.96. The second-order valence-electron chi connectivity index (χ2n) is 24.8. The van der Waals surface area contributed by atoms with E-state index in [9.17, 15) is 0 Å². The van der Waals surface area contributed by atoms with Crippen LogP contribution in [0.4, 0.5) is 0 Å². The van der Waals surface area contributed by atoms with Crippen molar-refractivity contribution < 1.29 is 9.30 Å². The molecule has 0 atom stereocenters. The van der Waals surface area contributed by atoms with Gasteiger partial charge in [-0.05, 0) is 137 Å². The number of imidazole rings is 1. The van der Waals surface area contributed by atoms with Crippen LogP contribution in [0.25, 0.3) is 94.5 Å². The third-order valence-corrected chi connectivity index (χ3v) is 15.4. The molecule has 1 aliphatic rings. The second-order valence-corrected chi connectivity index (χ2v) is 24.8. The minimum absolute atomic E-state index is 0.0273. The van der Waals surface area contributed by atoms with Crippen LogP contribution in [0.5, 0.6) is 11.5 Å². The molecule has 0 fully saturated rings. The largest absolute Gasteiger partial charge is 0.458 e. The molecule has 3 aromatic heterocycles. The first-order valence-electron chi connectivity index (χ1n) is 26.5. The summed E-state index contributed by atoms with van der Waals surface area (Å²) < 4.78 is 13.8. The molecule has 12 rings (SSSR count). The molecule has 0 amide bonds. The molecule has 75 heavy (non-hydrogen) atoms. The van der Waals surface area contributed by atoms with Gasteiger partial charge in [-0.15, -0.1) is 0 Å². The number of aromatic nitrogens is 4. The van der Waals surface area contributed by atoms with Crippen LogP contribution < -0.4 is 9.30 Å². The van der Waals surface area contributed by atoms with Crippen LogP contribution in [0.1, 0.15) is 105 Å². The van der Waals surface area contributed by atoms with Crippen molar-refractivity contribution in [1.29, 1.82) is 0 Å². The molecule has 0 radical (unpaired) electrons. The molecule has 372 valence electrons. The van der Waals surface area contributed by atoms with Crippen molar-refractivity contribution in [3.8, 4) is 73.2 Å². The first kappa shape index (κ1) is 48.0. The lowest BCUT2D eigenvalue weighted by molar-refractivity contribution is -0.570. The Labute approximate surface area is 442 Å². The molecular formula is C70H66N4O. The monoisotopic (exact) mass is 979 g/mol. The highest BCUT2D eigenvalue weighted by Crippen LogP contribution is 2.47. The maximum absolute atomic E-state index is 6.92. The number of hydrogen-bond acceptors (Lipinski definition) is 2. The van der Waals surface area contributed by atoms with E-state index in [1.807, 2.05) is 12.3 Å². The van der Waals surface area contributed by atoms with E-state index >= 15 is 0 Å². The van der Waals surface area contributed by atoms with E-state index in [0.717, 1.165) is 72.8 Å². The number of ether oxygens (including phenoxy) is 1. The molecule has 0 aliphatic carbocycles. The molecular weight excluding hydrogens is 913 g/mol. The van der Waals surface area contributed by atoms with Gasteiger partial charge in [0.25, 0.3) is 6.33 Å². The fourth-order valence-electron chi connectivity index (χ4n) is 11.1. The normalized spacial score (nSPS) is 12.8. The SMILES string of the molecule is CC(C)(C)c1cc(-c2cccc3c2-[n+]2[c-]n(-c4cccc(Oc5ccc6c7ccccc7n(-c7cc(C(C)(C)C)ccn7)c6c5)c4)c4cccc(c42)-c2ccccc2-c2ccc(C(C)(C)C)cc2-3)cc(C(C)(C)C)c1. The van der Waals surface area contributed by atoms with Gasteiger partial charge in [0.15, 0.2) is 0 Å². The van der Waals surface area contributed by atoms with E-state index in [4.69, 9.17) is 9.72 Å². The number of pyridine rings is 1. The van der Waals surface area contributed by atoms with Gasteiger partial charge in [-0.2, -0.15) is 0 Å². The molecule has 1 aliphatic heterocycles. The van der Waals surface area contributed by atoms with Gasteiger partial charge >= 0.3 is 0 Å². The zero-order valence-electron chi connectivity index (χ0n) is 45.5. The summed E-state index contributed by atoms with van der Waals surface area (Å²) in [7, 11) is 0. The summed E-state index contributed by atoms with van der Waals surface area (Å²) in [5, 5.41) is 2.32. The number of hydrogen-bond donors (Lipinski definition) is 0. The maximum atomic E-state index is 6.92. The number of nitrogens with zero attached hydrogens (tertiary/aromatic N) is 4. The molecule has 11 aromatic rings. The van der Waals surface area contributed by atoms with Crippen LogP contribution in [0, 0.1) is 6.33 Å². The average molecular weight is 979 g/mol. The van der Waals surface area contributed by atoms with Crippen molar-refractivity contribution >= 4 is 32.8 Å². The summed E-state index contributed by atoms with van der Waals surface area (Å²) in [6.45, 7) is 27.6. The highest BCUT2D eigenvalue weighted by atomic mass is 16.5. The van der Waals surface area contributed by atoms with Gasteiger partial charge in [0.1, 0.15) is 17.3 Å². The molecule has 0 bridgehead atoms. The fraction of sp³-hybridized carbons (Fsp3) is 0.229. The highest BCUT2D eigenvalue weighted by molar-refractivity contribution is 6.09. The number of benzene rings is 8. The fourth-order valence-corrected chi connectivity index (χ4v) is 11.1. The first-order valence-corrected chi connectivity index (χ1v) is 26.5. The predicted octanol–water partition coefficient (Wildman–Crippen LogP) is 18.2. The second kappa shape index (κ2) is 17.3. The standard InChI is InChI=1S/C70H66N4O/c1-67(2,3)45-30-32-55-53-22-13-14-23-54(53)58-27-19-29-62-66(58)73(65-52(25-18-26-59(65)60(55)39-45)44-36-47(69(7,8)9)38-48(37-44)70(10,11)12)43-72(62)49-20-17-21-50(41-49)75-51-31-33-57-56-24-15-16-28-61(56)74(63(57)42-51)64-40-46(34-35-71-64)68(4,5)6/h13-42H,1-12H3. The minimum Gasteiger partial charge on any atom is -0.458 e. The van der Waals surface area contributed by atoms with Crippen molar-refractivity contribution in [2.24, 2.45) is 0 Å². The highest BCUT2D eigenvalue weighted by Gasteiger charge is 2.29. The summed E-state index contributed by atoms with van der Waals surface area (Å²) in [5.41, 5.74) is 20.7. The van der Waals surface area contributed by atoms with Crippen LogP contribution in [0.3, 0.4) is 0 Å². The molecule has 0 saturated carbocycles. The summed E-state index contributed by atoms with van der Waals surface area (Å²) in [5.74, 6) is 2.36. The zero-order valence-corrected chi connectivity index (χ0v) is 45.5. The van der Waals surface area contributed by atoms with Crippen molar-refractivity contribution in [3.05, 3.63) is 211 Å². The molecule has 5 heteroatoms. The summed E-state index contributed by atoms with van der Waals surface area (Å²) in [4.78, 5) is 4.93. The Bertz CT molecular complexity index is 4050. The molecule has 0 unspecified atom stereocenters. The van der Waals surface area contributed by atoms with Crippen molar-refractivity contribution in [3.63, 3.8) is 0 Å². The quantitative estimate of drug-likeness (QED) is 0.127. The van der Waals surface area contributed by atoms with Crippen LogP contribution in [-0.4, -0.2) is 14.1 Å². The van der Waals surface area contributed by atoms with Crippen LogP contribution >= 0.6 is 0 Å². The topological polar surface area (TPSA) is 35.9 Å². The number of fused-ring (bicyclic) bond motifs is 10. The van der Waals surface area contributed by atoms with E-state index in [1.54, 1.807) is 0 Å². The lowest BCUT2D eigenvalue weighted by atomic mass is 9.78. The third-order valence-electron chi connectivity index (χ3n) is 15.4. The van der Waals surface area contributed by atoms with E-state index in [-0.39, 0.29) is 21.7 Å². The molecule has 0 N–H and O–H groups in total. The van der Waals surface area contributed by atoms with Gasteiger partial charge in [-0.3, -0.25) is 13.7 Å². The Hall–Kier alpha value is -8.02. The van der Waals surface area contributed by atoms with Crippen LogP contribution in [0.15, 0.2) is 182 Å². The smallest absolute Gasteiger partial charge is 0.269 e. The van der Waals surface area contributed by atoms with Gasteiger partial charge in [-0.1, -0.05) is 204 Å². The molecule has 5 nitrogen and oxygen atoms in total. The number of para-hydroxylation sites is 3. The van der Waals surface area contributed by atoms with E-state index in [0.29, 0.717) is 0 Å². The minimum atomic E-state index is -0.0707. The first-order chi connectivity index (χ1) is 35.7. The van der Waals surface area contributed by atoms with Crippen molar-refractivity contribution in [2.45, 2.75) is 105 Å². The van der Waals surface area contributed by atoms with Crippen LogP contribution in [-0.2, 0) is 21.7 Å². The summed E-state index contributed by atoms with van der Waals surface area (Å²) in [6, 6.07) is 64.7. The van der Waals surface area contributed by atoms with E-state index in [1.165, 1.54) is 55.5 Å². The Morgan fingerprint density at radius 2 is 0.987 bits per heavy atom. The van der Waals surface area contributed by atoms with Crippen molar-refractivity contribution in [1.82, 2.24) is 14.1 Å². The van der Waals surface area contributed by atoms with E-state index < -0.39 is 0 Å². The Morgan fingerprint density at radius 3 is 1.72 bits per heavy atom. The molecule has 8 aromatic carbocycles. The Balaban J connectivity index is 1.08. The van der Waals surface area contributed by atoms with Gasteiger partial charge in [0.05, 0.1) is 33.4 Å². The molecule has 0 saturated heterocycles. The molecule has 0 spiro atoms. The maximum Gasteiger partial charge on any atom is 0.269 e. The Kier molecular flexibility index (Phi) is 11.0. The zero-order chi connectivity index (χ0) is 52.3. The Morgan fingerprint density at radius 1 is 0.413 bits per heavy atom. The van der Waals surface area contributed by atoms with Gasteiger partial charge < -0.3 is 4.74 Å². The summed E-state index contributed by atoms with van der Waals surface area (Å²) in [6.07, 6.45) is 5.97. The predicted molar refractivity (Wildman–Crippen MR) is 312 cm³/mol. The number of rotatable bonds is 5. The lowest BCUT2D eigenvalue weighted by Gasteiger charge is -2.27. The van der Waals surface area contributed by atoms with Gasteiger partial charge in [0.2, 0.25) is 0 Å². The summed E-state index contributed by atoms with van der Waals surface area (Å²) >= 11 is 0. The van der Waals surface area contributed by atoms with Crippen molar-refractivity contribution in [2.75, 3.05) is 0 Å². The molecule has 4 heterocycles. The van der Waals surface area contributed by atoms with Gasteiger partial charge in [-0.25, -0.2) is 4.98 Å².